The topological polar surface area (TPSA) is 84.5 Å². The summed E-state index contributed by atoms with van der Waals surface area (Å²) in [5, 5.41) is 5.15. The number of imide groups is 1. The minimum atomic E-state index is -0.732. The molecule has 0 fully saturated rings. The minimum Gasteiger partial charge on any atom is -0.452 e. The number of hydrogen-bond acceptors (Lipinski definition) is 4. The first-order chi connectivity index (χ1) is 11.8. The summed E-state index contributed by atoms with van der Waals surface area (Å²) in [6, 6.07) is 10.8. The van der Waals surface area contributed by atoms with Crippen molar-refractivity contribution in [3.05, 3.63) is 64.2 Å². The number of halogens is 1. The Balaban J connectivity index is 1.82. The van der Waals surface area contributed by atoms with E-state index >= 15 is 0 Å². The number of benzene rings is 2. The van der Waals surface area contributed by atoms with Crippen LogP contribution in [0.25, 0.3) is 0 Å². The fourth-order valence-electron chi connectivity index (χ4n) is 2.07. The molecule has 0 aromatic heterocycles. The molecule has 7 heteroatoms. The van der Waals surface area contributed by atoms with Crippen molar-refractivity contribution in [1.29, 1.82) is 0 Å². The van der Waals surface area contributed by atoms with E-state index in [1.165, 1.54) is 24.3 Å². The second kappa shape index (κ2) is 8.30. The maximum absolute atomic E-state index is 11.8. The Morgan fingerprint density at radius 2 is 1.72 bits per heavy atom. The highest BCUT2D eigenvalue weighted by Gasteiger charge is 2.13. The van der Waals surface area contributed by atoms with Crippen LogP contribution in [0.5, 0.6) is 0 Å². The molecule has 6 nitrogen and oxygen atoms in total. The van der Waals surface area contributed by atoms with Gasteiger partial charge in [0.05, 0.1) is 5.56 Å². The van der Waals surface area contributed by atoms with Crippen molar-refractivity contribution in [2.75, 3.05) is 11.9 Å². The molecule has 2 aromatic carbocycles. The Morgan fingerprint density at radius 1 is 1.04 bits per heavy atom. The van der Waals surface area contributed by atoms with Gasteiger partial charge in [0.15, 0.2) is 6.61 Å². The van der Waals surface area contributed by atoms with Crippen molar-refractivity contribution in [2.24, 2.45) is 0 Å². The van der Waals surface area contributed by atoms with E-state index in [9.17, 15) is 14.4 Å². The largest absolute Gasteiger partial charge is 0.452 e. The van der Waals surface area contributed by atoms with Crippen molar-refractivity contribution in [1.82, 2.24) is 5.32 Å². The lowest BCUT2D eigenvalue weighted by molar-refractivity contribution is -0.123. The zero-order chi connectivity index (χ0) is 18.4. The highest BCUT2D eigenvalue weighted by atomic mass is 35.5. The SMILES string of the molecule is Cc1ccc(NC(=O)NC(=O)COC(=O)c2ccc(Cl)cc2)c(C)c1. The first kappa shape index (κ1) is 18.5. The van der Waals surface area contributed by atoms with E-state index in [2.05, 4.69) is 10.6 Å². The van der Waals surface area contributed by atoms with E-state index in [1.54, 1.807) is 6.07 Å². The Bertz CT molecular complexity index is 803. The fraction of sp³-hybridized carbons (Fsp3) is 0.167. The summed E-state index contributed by atoms with van der Waals surface area (Å²) in [5.41, 5.74) is 2.79. The van der Waals surface area contributed by atoms with Gasteiger partial charge in [0.1, 0.15) is 0 Å². The van der Waals surface area contributed by atoms with E-state index in [0.717, 1.165) is 11.1 Å². The number of anilines is 1. The molecule has 0 heterocycles. The van der Waals surface area contributed by atoms with E-state index in [-0.39, 0.29) is 5.56 Å². The fourth-order valence-corrected chi connectivity index (χ4v) is 2.20. The second-order valence-corrected chi connectivity index (χ2v) is 5.84. The summed E-state index contributed by atoms with van der Waals surface area (Å²) < 4.78 is 4.85. The average molecular weight is 361 g/mol. The van der Waals surface area contributed by atoms with Crippen molar-refractivity contribution < 1.29 is 19.1 Å². The lowest BCUT2D eigenvalue weighted by Gasteiger charge is -2.10. The van der Waals surface area contributed by atoms with Crippen LogP contribution in [0.15, 0.2) is 42.5 Å². The van der Waals surface area contributed by atoms with Gasteiger partial charge in [0.25, 0.3) is 5.91 Å². The molecule has 2 N–H and O–H groups in total. The number of esters is 1. The molecule has 0 aliphatic carbocycles. The van der Waals surface area contributed by atoms with Crippen molar-refractivity contribution in [3.63, 3.8) is 0 Å². The van der Waals surface area contributed by atoms with Gasteiger partial charge in [-0.05, 0) is 49.7 Å². The number of nitrogens with one attached hydrogen (secondary N) is 2. The van der Waals surface area contributed by atoms with E-state index in [4.69, 9.17) is 16.3 Å². The Kier molecular flexibility index (Phi) is 6.14. The normalized spacial score (nSPS) is 10.0. The van der Waals surface area contributed by atoms with Crippen LogP contribution in [0.3, 0.4) is 0 Å². The third-order valence-corrected chi connectivity index (χ3v) is 3.55. The van der Waals surface area contributed by atoms with E-state index in [0.29, 0.717) is 10.7 Å². The number of carbonyl (C=O) groups excluding carboxylic acids is 3. The molecular weight excluding hydrogens is 344 g/mol. The Hall–Kier alpha value is -2.86. The molecule has 25 heavy (non-hydrogen) atoms. The molecule has 0 saturated heterocycles. The first-order valence-corrected chi connectivity index (χ1v) is 7.84. The Morgan fingerprint density at radius 3 is 2.36 bits per heavy atom. The lowest BCUT2D eigenvalue weighted by Crippen LogP contribution is -2.37. The van der Waals surface area contributed by atoms with Gasteiger partial charge in [-0.25, -0.2) is 9.59 Å². The monoisotopic (exact) mass is 360 g/mol. The molecular formula is C18H17ClN2O4. The summed E-state index contributed by atoms with van der Waals surface area (Å²) >= 11 is 5.73. The predicted molar refractivity (Wildman–Crippen MR) is 94.8 cm³/mol. The second-order valence-electron chi connectivity index (χ2n) is 5.40. The summed E-state index contributed by atoms with van der Waals surface area (Å²) in [6.45, 7) is 3.22. The van der Waals surface area contributed by atoms with Crippen LogP contribution in [-0.4, -0.2) is 24.5 Å². The van der Waals surface area contributed by atoms with Crippen molar-refractivity contribution in [2.45, 2.75) is 13.8 Å². The lowest BCUT2D eigenvalue weighted by atomic mass is 10.1. The highest BCUT2D eigenvalue weighted by Crippen LogP contribution is 2.15. The van der Waals surface area contributed by atoms with Gasteiger partial charge in [0, 0.05) is 10.7 Å². The van der Waals surface area contributed by atoms with Gasteiger partial charge < -0.3 is 10.1 Å². The number of rotatable bonds is 4. The van der Waals surface area contributed by atoms with Gasteiger partial charge >= 0.3 is 12.0 Å². The zero-order valence-electron chi connectivity index (χ0n) is 13.8. The van der Waals surface area contributed by atoms with Crippen LogP contribution in [-0.2, 0) is 9.53 Å². The molecule has 2 aromatic rings. The molecule has 0 saturated carbocycles. The van der Waals surface area contributed by atoms with Gasteiger partial charge in [-0.1, -0.05) is 29.3 Å². The van der Waals surface area contributed by atoms with Crippen LogP contribution < -0.4 is 10.6 Å². The third-order valence-electron chi connectivity index (χ3n) is 3.30. The maximum atomic E-state index is 11.8. The Labute approximate surface area is 150 Å². The number of ether oxygens (including phenoxy) is 1. The smallest absolute Gasteiger partial charge is 0.338 e. The average Bonchev–Trinajstić information content (AvgIpc) is 2.56. The van der Waals surface area contributed by atoms with Crippen molar-refractivity contribution in [3.8, 4) is 0 Å². The zero-order valence-corrected chi connectivity index (χ0v) is 14.5. The molecule has 3 amide bonds. The molecule has 0 aliphatic heterocycles. The molecule has 0 unspecified atom stereocenters. The van der Waals surface area contributed by atoms with Gasteiger partial charge in [-0.3, -0.25) is 10.1 Å². The van der Waals surface area contributed by atoms with Gasteiger partial charge in [0.2, 0.25) is 0 Å². The summed E-state index contributed by atoms with van der Waals surface area (Å²) in [5.74, 6) is -1.41. The highest BCUT2D eigenvalue weighted by molar-refractivity contribution is 6.30. The molecule has 130 valence electrons. The number of aryl methyl sites for hydroxylation is 2. The molecule has 0 radical (unpaired) electrons. The van der Waals surface area contributed by atoms with E-state index < -0.39 is 24.5 Å². The molecule has 0 aliphatic rings. The van der Waals surface area contributed by atoms with Gasteiger partial charge in [-0.15, -0.1) is 0 Å². The summed E-state index contributed by atoms with van der Waals surface area (Å²) in [4.78, 5) is 35.3. The summed E-state index contributed by atoms with van der Waals surface area (Å²) in [6.07, 6.45) is 0. The van der Waals surface area contributed by atoms with Crippen LogP contribution >= 0.6 is 11.6 Å². The van der Waals surface area contributed by atoms with Crippen LogP contribution in [0.2, 0.25) is 5.02 Å². The molecule has 0 bridgehead atoms. The number of urea groups is 1. The van der Waals surface area contributed by atoms with Crippen molar-refractivity contribution >= 4 is 35.2 Å². The maximum Gasteiger partial charge on any atom is 0.338 e. The summed E-state index contributed by atoms with van der Waals surface area (Å²) in [7, 11) is 0. The standard InChI is InChI=1S/C18H17ClN2O4/c1-11-3-8-15(12(2)9-11)20-18(24)21-16(22)10-25-17(23)13-4-6-14(19)7-5-13/h3-9H,10H2,1-2H3,(H2,20,21,22,24). The number of hydrogen-bond donors (Lipinski definition) is 2. The molecule has 0 spiro atoms. The van der Waals surface area contributed by atoms with Crippen LogP contribution in [0, 0.1) is 13.8 Å². The van der Waals surface area contributed by atoms with Crippen LogP contribution in [0.1, 0.15) is 21.5 Å². The number of carbonyl (C=O) groups is 3. The number of amides is 3. The van der Waals surface area contributed by atoms with Gasteiger partial charge in [-0.2, -0.15) is 0 Å². The first-order valence-electron chi connectivity index (χ1n) is 7.46. The molecule has 0 atom stereocenters. The third kappa shape index (κ3) is 5.61. The molecule has 2 rings (SSSR count). The van der Waals surface area contributed by atoms with E-state index in [1.807, 2.05) is 26.0 Å². The predicted octanol–water partition coefficient (Wildman–Crippen LogP) is 3.46. The van der Waals surface area contributed by atoms with Crippen LogP contribution in [0.4, 0.5) is 10.5 Å². The quantitative estimate of drug-likeness (QED) is 0.818. The minimum absolute atomic E-state index is 0.261.